The zero-order valence-electron chi connectivity index (χ0n) is 25.8. The van der Waals surface area contributed by atoms with E-state index >= 15 is 0 Å². The first-order valence-electron chi connectivity index (χ1n) is 13.8. The maximum Gasteiger partial charge on any atom is 0.426 e. The highest BCUT2D eigenvalue weighted by atomic mass is 28.4. The van der Waals surface area contributed by atoms with Gasteiger partial charge in [-0.1, -0.05) is 56.3 Å². The summed E-state index contributed by atoms with van der Waals surface area (Å²) < 4.78 is 13.5. The Morgan fingerprint density at radius 2 is 1.83 bits per heavy atom. The maximum atomic E-state index is 13.9. The van der Waals surface area contributed by atoms with E-state index in [1.807, 2.05) is 37.4 Å². The van der Waals surface area contributed by atoms with Gasteiger partial charge in [-0.05, 0) is 44.5 Å². The number of aromatic nitrogens is 2. The lowest BCUT2D eigenvalue weighted by atomic mass is 9.97. The summed E-state index contributed by atoms with van der Waals surface area (Å²) in [4.78, 5) is 34.4. The number of hydrogen-bond acceptors (Lipinski definition) is 7. The van der Waals surface area contributed by atoms with Crippen molar-refractivity contribution in [1.82, 2.24) is 30.2 Å². The topological polar surface area (TPSA) is 114 Å². The molecule has 41 heavy (non-hydrogen) atoms. The van der Waals surface area contributed by atoms with Crippen LogP contribution in [0.1, 0.15) is 70.4 Å². The fraction of sp³-hybridized carbons (Fsp3) is 0.571. The third kappa shape index (κ3) is 6.35. The van der Waals surface area contributed by atoms with Crippen LogP contribution >= 0.6 is 0 Å². The summed E-state index contributed by atoms with van der Waals surface area (Å²) in [6.45, 7) is 16.5. The molecule has 0 aliphatic carbocycles. The molecule has 0 spiro atoms. The molecule has 1 aromatic carbocycles. The van der Waals surface area contributed by atoms with Crippen molar-refractivity contribution >= 4 is 26.3 Å². The molecule has 12 nitrogen and oxygen atoms in total. The number of fused-ring (bicyclic) bond motifs is 4. The van der Waals surface area contributed by atoms with Gasteiger partial charge in [0.1, 0.15) is 24.3 Å². The van der Waals surface area contributed by atoms with Gasteiger partial charge in [0.15, 0.2) is 5.84 Å². The van der Waals surface area contributed by atoms with Crippen molar-refractivity contribution < 1.29 is 23.7 Å². The number of hydroxylamine groups is 2. The fourth-order valence-corrected chi connectivity index (χ4v) is 5.05. The van der Waals surface area contributed by atoms with Crippen LogP contribution in [0.25, 0.3) is 0 Å². The normalized spacial score (nSPS) is 19.3. The van der Waals surface area contributed by atoms with Crippen molar-refractivity contribution in [3.05, 3.63) is 53.3 Å². The zero-order valence-corrected chi connectivity index (χ0v) is 26.8. The largest absolute Gasteiger partial charge is 0.453 e. The standard InChI is InChI=1S/C28H43N7O5Si/c1-27(2,3)39-25(36)30-33(8)24(31-40-41(9,10)28(4,5)6)23-22-20(16-29-32(22)7)21-17-34(23)26(37)35(21)38-18-19-14-12-11-13-15-19/h11-16,21,23H,17-18H2,1-10H3,(H,30,36)/b31-24-/t21-,23-/m0/s1. The Hall–Kier alpha value is -3.58. The van der Waals surface area contributed by atoms with E-state index in [0.717, 1.165) is 16.8 Å². The number of nitrogens with zero attached hydrogens (tertiary/aromatic N) is 6. The van der Waals surface area contributed by atoms with Gasteiger partial charge in [-0.15, -0.1) is 0 Å². The average Bonchev–Trinajstić information content (AvgIpc) is 3.37. The Kier molecular flexibility index (Phi) is 8.16. The number of benzene rings is 1. The monoisotopic (exact) mass is 585 g/mol. The van der Waals surface area contributed by atoms with Crippen LogP contribution in [0.5, 0.6) is 0 Å². The number of rotatable bonds is 6. The molecule has 224 valence electrons. The molecule has 3 heterocycles. The summed E-state index contributed by atoms with van der Waals surface area (Å²) in [6.07, 6.45) is 1.11. The average molecular weight is 586 g/mol. The molecule has 3 amide bonds. The van der Waals surface area contributed by atoms with E-state index in [9.17, 15) is 9.59 Å². The first-order chi connectivity index (χ1) is 19.0. The first-order valence-corrected chi connectivity index (χ1v) is 16.7. The summed E-state index contributed by atoms with van der Waals surface area (Å²) in [5.41, 5.74) is 4.60. The Bertz CT molecular complexity index is 1300. The molecular formula is C28H43N7O5Si. The molecule has 2 aliphatic heterocycles. The van der Waals surface area contributed by atoms with E-state index in [4.69, 9.17) is 14.1 Å². The van der Waals surface area contributed by atoms with E-state index in [-0.39, 0.29) is 23.7 Å². The van der Waals surface area contributed by atoms with Crippen LogP contribution in [0, 0.1) is 0 Å². The number of urea groups is 1. The second-order valence-corrected chi connectivity index (χ2v) is 17.7. The molecule has 2 aliphatic rings. The van der Waals surface area contributed by atoms with Gasteiger partial charge in [0.25, 0.3) is 8.32 Å². The summed E-state index contributed by atoms with van der Waals surface area (Å²) in [7, 11) is 1.12. The van der Waals surface area contributed by atoms with Crippen molar-refractivity contribution in [2.45, 2.75) is 84.0 Å². The third-order valence-corrected chi connectivity index (χ3v) is 11.8. The SMILES string of the molecule is CN(NC(=O)OC(C)(C)C)/C(=N\O[Si](C)(C)C(C)(C)C)[C@@H]1c2c(cnn2C)[C@@H]2CN1C(=O)N2OCc1ccccc1. The minimum Gasteiger partial charge on any atom is -0.453 e. The summed E-state index contributed by atoms with van der Waals surface area (Å²) in [5, 5.41) is 11.9. The number of carbonyl (C=O) groups is 2. The Balaban J connectivity index is 1.72. The van der Waals surface area contributed by atoms with Crippen LogP contribution in [-0.2, 0) is 27.8 Å². The third-order valence-electron chi connectivity index (χ3n) is 7.66. The molecule has 2 aromatic rings. The predicted molar refractivity (Wildman–Crippen MR) is 157 cm³/mol. The smallest absolute Gasteiger partial charge is 0.426 e. The molecule has 0 saturated carbocycles. The second kappa shape index (κ2) is 11.0. The number of oxime groups is 1. The molecule has 1 fully saturated rings. The molecule has 2 bridgehead atoms. The number of hydrazine groups is 1. The van der Waals surface area contributed by atoms with E-state index in [1.54, 1.807) is 43.6 Å². The molecule has 4 rings (SSSR count). The molecular weight excluding hydrogens is 542 g/mol. The van der Waals surface area contributed by atoms with Crippen LogP contribution in [0.4, 0.5) is 9.59 Å². The lowest BCUT2D eigenvalue weighted by Gasteiger charge is -2.37. The molecule has 13 heteroatoms. The number of amidine groups is 1. The lowest BCUT2D eigenvalue weighted by molar-refractivity contribution is -0.141. The van der Waals surface area contributed by atoms with Gasteiger partial charge >= 0.3 is 12.1 Å². The Morgan fingerprint density at radius 1 is 1.17 bits per heavy atom. The summed E-state index contributed by atoms with van der Waals surface area (Å²) in [5.74, 6) is 0.322. The number of nitrogens with one attached hydrogen (secondary N) is 1. The highest BCUT2D eigenvalue weighted by Gasteiger charge is 2.53. The van der Waals surface area contributed by atoms with Crippen molar-refractivity contribution in [3.8, 4) is 0 Å². The Labute approximate surface area is 243 Å². The minimum absolute atomic E-state index is 0.125. The Morgan fingerprint density at radius 3 is 2.44 bits per heavy atom. The van der Waals surface area contributed by atoms with E-state index in [2.05, 4.69) is 49.5 Å². The summed E-state index contributed by atoms with van der Waals surface area (Å²) >= 11 is 0. The number of amides is 3. The van der Waals surface area contributed by atoms with Crippen LogP contribution in [0.2, 0.25) is 18.1 Å². The predicted octanol–water partition coefficient (Wildman–Crippen LogP) is 5.09. The zero-order chi connectivity index (χ0) is 30.3. The molecule has 0 unspecified atom stereocenters. The second-order valence-electron chi connectivity index (χ2n) is 13.0. The van der Waals surface area contributed by atoms with Gasteiger partial charge in [0, 0.05) is 19.7 Å². The van der Waals surface area contributed by atoms with Crippen LogP contribution in [-0.4, -0.2) is 70.2 Å². The van der Waals surface area contributed by atoms with Gasteiger partial charge in [-0.25, -0.2) is 15.0 Å². The van der Waals surface area contributed by atoms with Crippen LogP contribution in [0.3, 0.4) is 0 Å². The van der Waals surface area contributed by atoms with Crippen molar-refractivity contribution in [2.75, 3.05) is 13.6 Å². The maximum absolute atomic E-state index is 13.9. The molecule has 1 N–H and O–H groups in total. The fourth-order valence-electron chi connectivity index (χ4n) is 4.45. The van der Waals surface area contributed by atoms with Gasteiger partial charge in [-0.2, -0.15) is 10.2 Å². The number of ether oxygens (including phenoxy) is 1. The molecule has 2 atom stereocenters. The van der Waals surface area contributed by atoms with Crippen molar-refractivity contribution in [3.63, 3.8) is 0 Å². The van der Waals surface area contributed by atoms with E-state index in [0.29, 0.717) is 12.4 Å². The quantitative estimate of drug-likeness (QED) is 0.217. The van der Waals surface area contributed by atoms with E-state index < -0.39 is 26.1 Å². The molecule has 1 saturated heterocycles. The number of likely N-dealkylation sites (N-methyl/N-ethyl adjacent to an activating group) is 1. The van der Waals surface area contributed by atoms with Crippen LogP contribution < -0.4 is 5.43 Å². The van der Waals surface area contributed by atoms with Gasteiger partial charge < -0.3 is 14.2 Å². The van der Waals surface area contributed by atoms with E-state index in [1.165, 1.54) is 10.1 Å². The lowest BCUT2D eigenvalue weighted by Crippen LogP contribution is -2.52. The van der Waals surface area contributed by atoms with Gasteiger partial charge in [-0.3, -0.25) is 14.5 Å². The summed E-state index contributed by atoms with van der Waals surface area (Å²) in [6, 6.07) is 8.33. The number of hydrogen-bond donors (Lipinski definition) is 1. The number of aryl methyl sites for hydroxylation is 1. The number of carbonyl (C=O) groups excluding carboxylic acids is 2. The first kappa shape index (κ1) is 30.4. The van der Waals surface area contributed by atoms with Gasteiger partial charge in [0.05, 0.1) is 18.4 Å². The minimum atomic E-state index is -2.37. The highest BCUT2D eigenvalue weighted by molar-refractivity contribution is 6.74. The van der Waals surface area contributed by atoms with Crippen molar-refractivity contribution in [1.29, 1.82) is 0 Å². The van der Waals surface area contributed by atoms with Crippen LogP contribution in [0.15, 0.2) is 41.7 Å². The van der Waals surface area contributed by atoms with Gasteiger partial charge in [0.2, 0.25) is 0 Å². The van der Waals surface area contributed by atoms with Crippen molar-refractivity contribution in [2.24, 2.45) is 12.2 Å². The molecule has 1 aromatic heterocycles. The highest BCUT2D eigenvalue weighted by Crippen LogP contribution is 2.45. The molecule has 0 radical (unpaired) electrons.